The van der Waals surface area contributed by atoms with Crippen LogP contribution >= 0.6 is 11.9 Å². The summed E-state index contributed by atoms with van der Waals surface area (Å²) in [6.45, 7) is 0. The summed E-state index contributed by atoms with van der Waals surface area (Å²) in [7, 11) is 2.00. The standard InChI is InChI=1S/C21H22N2O3S/c1-23-16-10-4-2-8-14(16)18(15-9-3-5-11-17(15)27-23)22-19(24)21(20(25)26)12-6-7-13-21/h2-5,8-11,18H,6-7,12-13H2,1H3,(H,22,24)(H,25,26). The van der Waals surface area contributed by atoms with Crippen molar-refractivity contribution in [1.82, 2.24) is 5.32 Å². The molecule has 27 heavy (non-hydrogen) atoms. The average Bonchev–Trinajstić information content (AvgIpc) is 3.14. The molecule has 1 aliphatic heterocycles. The number of carbonyl (C=O) groups excluding carboxylic acids is 1. The van der Waals surface area contributed by atoms with E-state index in [1.807, 2.05) is 55.6 Å². The summed E-state index contributed by atoms with van der Waals surface area (Å²) in [6, 6.07) is 15.5. The maximum absolute atomic E-state index is 13.2. The fourth-order valence-electron chi connectivity index (χ4n) is 4.13. The Morgan fingerprint density at radius 2 is 1.70 bits per heavy atom. The number of aliphatic carboxylic acids is 1. The van der Waals surface area contributed by atoms with Gasteiger partial charge in [-0.2, -0.15) is 0 Å². The van der Waals surface area contributed by atoms with Crippen molar-refractivity contribution in [3.63, 3.8) is 0 Å². The van der Waals surface area contributed by atoms with Crippen LogP contribution in [0.4, 0.5) is 5.69 Å². The van der Waals surface area contributed by atoms with Crippen LogP contribution in [0.3, 0.4) is 0 Å². The molecule has 1 saturated carbocycles. The number of nitrogens with one attached hydrogen (secondary N) is 1. The predicted molar refractivity (Wildman–Crippen MR) is 106 cm³/mol. The van der Waals surface area contributed by atoms with E-state index in [0.29, 0.717) is 12.8 Å². The Morgan fingerprint density at radius 3 is 2.41 bits per heavy atom. The van der Waals surface area contributed by atoms with E-state index in [2.05, 4.69) is 9.62 Å². The molecule has 1 heterocycles. The first kappa shape index (κ1) is 17.9. The van der Waals surface area contributed by atoms with Crippen LogP contribution in [0.2, 0.25) is 0 Å². The van der Waals surface area contributed by atoms with Gasteiger partial charge < -0.3 is 14.7 Å². The molecule has 0 radical (unpaired) electrons. The first-order chi connectivity index (χ1) is 13.0. The van der Waals surface area contributed by atoms with Crippen LogP contribution in [-0.2, 0) is 9.59 Å². The molecule has 4 rings (SSSR count). The van der Waals surface area contributed by atoms with Gasteiger partial charge in [-0.3, -0.25) is 9.59 Å². The fraction of sp³-hybridized carbons (Fsp3) is 0.333. The highest BCUT2D eigenvalue weighted by Crippen LogP contribution is 2.44. The van der Waals surface area contributed by atoms with Gasteiger partial charge in [0, 0.05) is 17.5 Å². The number of carboxylic acids is 1. The van der Waals surface area contributed by atoms with E-state index in [4.69, 9.17) is 0 Å². The second-order valence-electron chi connectivity index (χ2n) is 7.19. The van der Waals surface area contributed by atoms with Crippen molar-refractivity contribution in [2.75, 3.05) is 11.4 Å². The molecule has 2 aromatic rings. The SMILES string of the molecule is CN1Sc2ccccc2C(NC(=O)C2(C(=O)O)CCCC2)c2ccccc21. The predicted octanol–water partition coefficient (Wildman–Crippen LogP) is 3.99. The van der Waals surface area contributed by atoms with Crippen molar-refractivity contribution >= 4 is 29.5 Å². The zero-order valence-electron chi connectivity index (χ0n) is 15.1. The first-order valence-electron chi connectivity index (χ1n) is 9.17. The van der Waals surface area contributed by atoms with Crippen LogP contribution in [0.15, 0.2) is 53.4 Å². The molecule has 1 fully saturated rings. The van der Waals surface area contributed by atoms with E-state index < -0.39 is 11.4 Å². The maximum atomic E-state index is 13.2. The monoisotopic (exact) mass is 382 g/mol. The molecule has 0 aromatic heterocycles. The second-order valence-corrected chi connectivity index (χ2v) is 8.36. The number of benzene rings is 2. The highest BCUT2D eigenvalue weighted by atomic mass is 32.2. The van der Waals surface area contributed by atoms with Gasteiger partial charge in [0.05, 0.1) is 11.7 Å². The molecule has 140 valence electrons. The molecule has 0 saturated heterocycles. The van der Waals surface area contributed by atoms with Gasteiger partial charge >= 0.3 is 5.97 Å². The molecule has 5 nitrogen and oxygen atoms in total. The first-order valence-corrected chi connectivity index (χ1v) is 9.94. The number of hydrogen-bond acceptors (Lipinski definition) is 4. The number of para-hydroxylation sites is 1. The molecule has 2 aliphatic rings. The Morgan fingerprint density at radius 1 is 1.07 bits per heavy atom. The summed E-state index contributed by atoms with van der Waals surface area (Å²) in [5.41, 5.74) is 1.67. The Kier molecular flexibility index (Phi) is 4.60. The normalized spacial score (nSPS) is 20.3. The van der Waals surface area contributed by atoms with Gasteiger partial charge in [-0.1, -0.05) is 49.2 Å². The minimum atomic E-state index is -1.31. The van der Waals surface area contributed by atoms with Crippen LogP contribution in [0.5, 0.6) is 0 Å². The van der Waals surface area contributed by atoms with Crippen molar-refractivity contribution < 1.29 is 14.7 Å². The molecule has 6 heteroatoms. The number of carbonyl (C=O) groups is 2. The minimum absolute atomic E-state index is 0.376. The van der Waals surface area contributed by atoms with Crippen molar-refractivity contribution in [2.45, 2.75) is 36.6 Å². The molecule has 1 atom stereocenters. The molecule has 1 unspecified atom stereocenters. The molecule has 0 bridgehead atoms. The molecule has 2 N–H and O–H groups in total. The highest BCUT2D eigenvalue weighted by Gasteiger charge is 2.49. The van der Waals surface area contributed by atoms with Crippen molar-refractivity contribution in [1.29, 1.82) is 0 Å². The van der Waals surface area contributed by atoms with Gasteiger partial charge in [0.15, 0.2) is 0 Å². The largest absolute Gasteiger partial charge is 0.480 e. The number of carboxylic acid groups (broad SMARTS) is 1. The number of amides is 1. The number of nitrogens with zero attached hydrogens (tertiary/aromatic N) is 1. The van der Waals surface area contributed by atoms with Gasteiger partial charge in [0.25, 0.3) is 0 Å². The zero-order valence-corrected chi connectivity index (χ0v) is 16.0. The summed E-state index contributed by atoms with van der Waals surface area (Å²) in [6.07, 6.45) is 2.35. The fourth-order valence-corrected chi connectivity index (χ4v) is 5.12. The Balaban J connectivity index is 1.79. The Bertz CT molecular complexity index is 893. The van der Waals surface area contributed by atoms with Gasteiger partial charge in [0.1, 0.15) is 5.41 Å². The van der Waals surface area contributed by atoms with Crippen molar-refractivity contribution in [3.8, 4) is 0 Å². The number of rotatable bonds is 3. The summed E-state index contributed by atoms with van der Waals surface area (Å²) < 4.78 is 2.09. The molecular formula is C21H22N2O3S. The van der Waals surface area contributed by atoms with Crippen LogP contribution in [-0.4, -0.2) is 24.0 Å². The van der Waals surface area contributed by atoms with Crippen molar-refractivity contribution in [2.24, 2.45) is 5.41 Å². The lowest BCUT2D eigenvalue weighted by Crippen LogP contribution is -2.46. The zero-order chi connectivity index (χ0) is 19.0. The molecular weight excluding hydrogens is 360 g/mol. The smallest absolute Gasteiger partial charge is 0.319 e. The average molecular weight is 382 g/mol. The van der Waals surface area contributed by atoms with E-state index in [1.54, 1.807) is 11.9 Å². The van der Waals surface area contributed by atoms with Crippen LogP contribution < -0.4 is 9.62 Å². The van der Waals surface area contributed by atoms with E-state index in [-0.39, 0.29) is 11.9 Å². The molecule has 2 aromatic carbocycles. The topological polar surface area (TPSA) is 69.6 Å². The maximum Gasteiger partial charge on any atom is 0.319 e. The van der Waals surface area contributed by atoms with Gasteiger partial charge in [-0.25, -0.2) is 0 Å². The lowest BCUT2D eigenvalue weighted by molar-refractivity contribution is -0.155. The Hall–Kier alpha value is -2.47. The Labute approximate surface area is 162 Å². The molecule has 1 amide bonds. The quantitative estimate of drug-likeness (QED) is 0.620. The third-order valence-corrected chi connectivity index (χ3v) is 6.67. The summed E-state index contributed by atoms with van der Waals surface area (Å²) in [4.78, 5) is 26.2. The summed E-state index contributed by atoms with van der Waals surface area (Å²) >= 11 is 1.61. The van der Waals surface area contributed by atoms with Crippen LogP contribution in [0.1, 0.15) is 42.9 Å². The molecule has 1 aliphatic carbocycles. The summed E-state index contributed by atoms with van der Waals surface area (Å²) in [5.74, 6) is -1.39. The third kappa shape index (κ3) is 2.98. The third-order valence-electron chi connectivity index (χ3n) is 5.63. The second kappa shape index (κ2) is 6.93. The van der Waals surface area contributed by atoms with Gasteiger partial charge in [-0.05, 0) is 42.5 Å². The number of fused-ring (bicyclic) bond motifs is 2. The van der Waals surface area contributed by atoms with E-state index >= 15 is 0 Å². The number of hydrogen-bond donors (Lipinski definition) is 2. The van der Waals surface area contributed by atoms with E-state index in [1.165, 1.54) is 0 Å². The van der Waals surface area contributed by atoms with Gasteiger partial charge in [-0.15, -0.1) is 0 Å². The van der Waals surface area contributed by atoms with Crippen LogP contribution in [0, 0.1) is 5.41 Å². The van der Waals surface area contributed by atoms with Gasteiger partial charge in [0.2, 0.25) is 5.91 Å². The summed E-state index contributed by atoms with van der Waals surface area (Å²) in [5, 5.41) is 12.9. The van der Waals surface area contributed by atoms with E-state index in [9.17, 15) is 14.7 Å². The van der Waals surface area contributed by atoms with E-state index in [0.717, 1.165) is 34.6 Å². The minimum Gasteiger partial charge on any atom is -0.480 e. The lowest BCUT2D eigenvalue weighted by atomic mass is 9.84. The molecule has 0 spiro atoms. The number of anilines is 1. The van der Waals surface area contributed by atoms with Crippen molar-refractivity contribution in [3.05, 3.63) is 59.7 Å². The lowest BCUT2D eigenvalue weighted by Gasteiger charge is -2.28. The van der Waals surface area contributed by atoms with Crippen LogP contribution in [0.25, 0.3) is 0 Å². The highest BCUT2D eigenvalue weighted by molar-refractivity contribution is 8.00.